The third-order valence-corrected chi connectivity index (χ3v) is 7.39. The topological polar surface area (TPSA) is 96.8 Å². The molecule has 0 atom stereocenters. The fourth-order valence-electron chi connectivity index (χ4n) is 5.17. The van der Waals surface area contributed by atoms with Crippen molar-refractivity contribution in [1.29, 1.82) is 0 Å². The summed E-state index contributed by atoms with van der Waals surface area (Å²) in [5.41, 5.74) is 4.36. The van der Waals surface area contributed by atoms with E-state index in [2.05, 4.69) is 10.4 Å². The number of rotatable bonds is 6. The lowest BCUT2D eigenvalue weighted by Crippen LogP contribution is -2.54. The van der Waals surface area contributed by atoms with Crippen molar-refractivity contribution in [1.82, 2.24) is 24.9 Å². The van der Waals surface area contributed by atoms with Crippen LogP contribution in [0, 0.1) is 13.8 Å². The standard InChI is InChI=1S/C27H37N5O4/c1-19-24(13-14-25(33)36-3)20(2)32(29-19)23-11-9-21(10-12-23)26(34)30-15-17-31(18-16-30)27(35)28-22-7-5-4-6-8-22/h9-12,22H,4-8,13-18H2,1-3H3,(H,28,35). The van der Waals surface area contributed by atoms with Gasteiger partial charge in [-0.1, -0.05) is 19.3 Å². The van der Waals surface area contributed by atoms with E-state index in [-0.39, 0.29) is 23.9 Å². The molecule has 194 valence electrons. The van der Waals surface area contributed by atoms with Gasteiger partial charge in [0.15, 0.2) is 0 Å². The molecule has 36 heavy (non-hydrogen) atoms. The summed E-state index contributed by atoms with van der Waals surface area (Å²) >= 11 is 0. The van der Waals surface area contributed by atoms with Crippen LogP contribution in [0.25, 0.3) is 5.69 Å². The number of aryl methyl sites for hydroxylation is 1. The number of hydrogen-bond acceptors (Lipinski definition) is 5. The van der Waals surface area contributed by atoms with Gasteiger partial charge in [-0.05, 0) is 62.9 Å². The van der Waals surface area contributed by atoms with Crippen molar-refractivity contribution in [2.75, 3.05) is 33.3 Å². The highest BCUT2D eigenvalue weighted by Gasteiger charge is 2.26. The molecule has 2 fully saturated rings. The van der Waals surface area contributed by atoms with Crippen LogP contribution in [0.5, 0.6) is 0 Å². The lowest BCUT2D eigenvalue weighted by molar-refractivity contribution is -0.140. The summed E-state index contributed by atoms with van der Waals surface area (Å²) in [6.07, 6.45) is 6.63. The van der Waals surface area contributed by atoms with Gasteiger partial charge in [-0.15, -0.1) is 0 Å². The highest BCUT2D eigenvalue weighted by molar-refractivity contribution is 5.94. The Bertz CT molecular complexity index is 1080. The smallest absolute Gasteiger partial charge is 0.317 e. The summed E-state index contributed by atoms with van der Waals surface area (Å²) in [7, 11) is 1.39. The Hall–Kier alpha value is -3.36. The molecule has 0 spiro atoms. The first-order valence-corrected chi connectivity index (χ1v) is 12.9. The molecular formula is C27H37N5O4. The molecule has 1 aromatic carbocycles. The average molecular weight is 496 g/mol. The van der Waals surface area contributed by atoms with Crippen LogP contribution in [0.1, 0.15) is 65.8 Å². The average Bonchev–Trinajstić information content (AvgIpc) is 3.20. The summed E-state index contributed by atoms with van der Waals surface area (Å²) in [5, 5.41) is 7.81. The van der Waals surface area contributed by atoms with Gasteiger partial charge in [-0.2, -0.15) is 5.10 Å². The van der Waals surface area contributed by atoms with Gasteiger partial charge in [0, 0.05) is 49.9 Å². The first kappa shape index (κ1) is 25.7. The van der Waals surface area contributed by atoms with Crippen LogP contribution in [0.2, 0.25) is 0 Å². The van der Waals surface area contributed by atoms with Gasteiger partial charge in [0.1, 0.15) is 0 Å². The monoisotopic (exact) mass is 495 g/mol. The van der Waals surface area contributed by atoms with Crippen molar-refractivity contribution in [3.8, 4) is 5.69 Å². The van der Waals surface area contributed by atoms with Crippen molar-refractivity contribution in [3.05, 3.63) is 46.8 Å². The number of urea groups is 1. The third-order valence-electron chi connectivity index (χ3n) is 7.39. The van der Waals surface area contributed by atoms with Crippen molar-refractivity contribution in [3.63, 3.8) is 0 Å². The number of ether oxygens (including phenoxy) is 1. The summed E-state index contributed by atoms with van der Waals surface area (Å²) < 4.78 is 6.60. The minimum Gasteiger partial charge on any atom is -0.469 e. The zero-order valence-corrected chi connectivity index (χ0v) is 21.6. The lowest BCUT2D eigenvalue weighted by atomic mass is 9.96. The second-order valence-electron chi connectivity index (χ2n) is 9.75. The Kier molecular flexibility index (Phi) is 8.28. The van der Waals surface area contributed by atoms with Crippen molar-refractivity contribution < 1.29 is 19.1 Å². The summed E-state index contributed by atoms with van der Waals surface area (Å²) in [6.45, 7) is 6.06. The van der Waals surface area contributed by atoms with E-state index in [1.54, 1.807) is 0 Å². The number of benzene rings is 1. The first-order chi connectivity index (χ1) is 17.4. The molecule has 1 aromatic heterocycles. The van der Waals surface area contributed by atoms with Gasteiger partial charge in [-0.25, -0.2) is 9.48 Å². The van der Waals surface area contributed by atoms with Crippen molar-refractivity contribution in [2.45, 2.75) is 64.8 Å². The second-order valence-corrected chi connectivity index (χ2v) is 9.75. The van der Waals surface area contributed by atoms with Crippen molar-refractivity contribution in [2.24, 2.45) is 0 Å². The fourth-order valence-corrected chi connectivity index (χ4v) is 5.17. The van der Waals surface area contributed by atoms with E-state index in [1.807, 2.05) is 52.6 Å². The highest BCUT2D eigenvalue weighted by atomic mass is 16.5. The van der Waals surface area contributed by atoms with E-state index in [0.717, 1.165) is 35.5 Å². The Morgan fingerprint density at radius 3 is 2.25 bits per heavy atom. The molecule has 4 rings (SSSR count). The molecule has 1 saturated carbocycles. The number of carbonyl (C=O) groups excluding carboxylic acids is 3. The second kappa shape index (κ2) is 11.6. The van der Waals surface area contributed by atoms with Crippen LogP contribution >= 0.6 is 0 Å². The van der Waals surface area contributed by atoms with Gasteiger partial charge in [0.25, 0.3) is 5.91 Å². The van der Waals surface area contributed by atoms with Gasteiger partial charge in [-0.3, -0.25) is 9.59 Å². The minimum atomic E-state index is -0.241. The largest absolute Gasteiger partial charge is 0.469 e. The zero-order valence-electron chi connectivity index (χ0n) is 21.6. The minimum absolute atomic E-state index is 0.00538. The van der Waals surface area contributed by atoms with E-state index in [1.165, 1.54) is 26.4 Å². The molecular weight excluding hydrogens is 458 g/mol. The molecule has 2 aromatic rings. The van der Waals surface area contributed by atoms with Crippen LogP contribution in [-0.4, -0.2) is 76.8 Å². The maximum Gasteiger partial charge on any atom is 0.317 e. The van der Waals surface area contributed by atoms with Gasteiger partial charge >= 0.3 is 12.0 Å². The first-order valence-electron chi connectivity index (χ1n) is 12.9. The molecule has 9 heteroatoms. The number of aromatic nitrogens is 2. The van der Waals surface area contributed by atoms with Gasteiger partial charge < -0.3 is 19.9 Å². The van der Waals surface area contributed by atoms with Gasteiger partial charge in [0.2, 0.25) is 0 Å². The Balaban J connectivity index is 1.33. The number of esters is 1. The lowest BCUT2D eigenvalue weighted by Gasteiger charge is -2.36. The highest BCUT2D eigenvalue weighted by Crippen LogP contribution is 2.21. The fraction of sp³-hybridized carbons (Fsp3) is 0.556. The third kappa shape index (κ3) is 5.88. The molecule has 3 amide bonds. The maximum absolute atomic E-state index is 13.1. The summed E-state index contributed by atoms with van der Waals surface area (Å²) in [6, 6.07) is 7.72. The number of hydrogen-bond donors (Lipinski definition) is 1. The Morgan fingerprint density at radius 1 is 0.972 bits per heavy atom. The molecule has 0 radical (unpaired) electrons. The maximum atomic E-state index is 13.1. The number of nitrogens with one attached hydrogen (secondary N) is 1. The molecule has 1 aliphatic carbocycles. The van der Waals surface area contributed by atoms with E-state index >= 15 is 0 Å². The van der Waals surface area contributed by atoms with Crippen LogP contribution in [0.4, 0.5) is 4.79 Å². The molecule has 0 unspecified atom stereocenters. The summed E-state index contributed by atoms with van der Waals surface area (Å²) in [4.78, 5) is 40.9. The zero-order chi connectivity index (χ0) is 25.7. The quantitative estimate of drug-likeness (QED) is 0.620. The van der Waals surface area contributed by atoms with E-state index in [9.17, 15) is 14.4 Å². The molecule has 1 aliphatic heterocycles. The Labute approximate surface area is 212 Å². The molecule has 2 heterocycles. The normalized spacial score (nSPS) is 16.6. The van der Waals surface area contributed by atoms with Crippen LogP contribution in [0.3, 0.4) is 0 Å². The van der Waals surface area contributed by atoms with Crippen LogP contribution < -0.4 is 5.32 Å². The molecule has 0 bridgehead atoms. The molecule has 1 N–H and O–H groups in total. The van der Waals surface area contributed by atoms with Crippen LogP contribution in [0.15, 0.2) is 24.3 Å². The number of nitrogens with zero attached hydrogens (tertiary/aromatic N) is 4. The van der Waals surface area contributed by atoms with Gasteiger partial charge in [0.05, 0.1) is 18.5 Å². The number of piperazine rings is 1. The SMILES string of the molecule is COC(=O)CCc1c(C)nn(-c2ccc(C(=O)N3CCN(C(=O)NC4CCCCC4)CC3)cc2)c1C. The van der Waals surface area contributed by atoms with E-state index in [4.69, 9.17) is 4.74 Å². The number of carbonyl (C=O) groups is 3. The summed E-state index contributed by atoms with van der Waals surface area (Å²) in [5.74, 6) is -0.267. The predicted molar refractivity (Wildman–Crippen MR) is 136 cm³/mol. The van der Waals surface area contributed by atoms with E-state index < -0.39 is 0 Å². The molecule has 9 nitrogen and oxygen atoms in total. The van der Waals surface area contributed by atoms with E-state index in [0.29, 0.717) is 44.6 Å². The number of amides is 3. The molecule has 2 aliphatic rings. The Morgan fingerprint density at radius 2 is 1.61 bits per heavy atom. The molecule has 1 saturated heterocycles. The van der Waals surface area contributed by atoms with Crippen LogP contribution in [-0.2, 0) is 16.0 Å². The predicted octanol–water partition coefficient (Wildman–Crippen LogP) is 3.39. The number of methoxy groups -OCH3 is 1. The van der Waals surface area contributed by atoms with Crippen molar-refractivity contribution >= 4 is 17.9 Å².